The number of rotatable bonds is 9. The second-order valence-electron chi connectivity index (χ2n) is 7.30. The summed E-state index contributed by atoms with van der Waals surface area (Å²) in [4.78, 5) is 25.0. The van der Waals surface area contributed by atoms with Gasteiger partial charge in [-0.15, -0.1) is 0 Å². The van der Waals surface area contributed by atoms with Crippen LogP contribution in [-0.4, -0.2) is 31.0 Å². The second-order valence-corrected chi connectivity index (χ2v) is 7.30. The SMILES string of the molecule is COc1ccc(C(=O)NC(C(=O)NC(C)CCC(C)C)C(C)C)cc1. The lowest BCUT2D eigenvalue weighted by atomic mass is 10.0. The van der Waals surface area contributed by atoms with Gasteiger partial charge in [0.1, 0.15) is 11.8 Å². The average molecular weight is 348 g/mol. The number of ether oxygens (including phenoxy) is 1. The van der Waals surface area contributed by atoms with E-state index < -0.39 is 6.04 Å². The van der Waals surface area contributed by atoms with E-state index >= 15 is 0 Å². The summed E-state index contributed by atoms with van der Waals surface area (Å²) in [5.74, 6) is 0.905. The van der Waals surface area contributed by atoms with E-state index in [9.17, 15) is 9.59 Å². The van der Waals surface area contributed by atoms with Crippen molar-refractivity contribution in [3.8, 4) is 5.75 Å². The number of nitrogens with one attached hydrogen (secondary N) is 2. The second kappa shape index (κ2) is 10.1. The lowest BCUT2D eigenvalue weighted by Gasteiger charge is -2.24. The van der Waals surface area contributed by atoms with Crippen LogP contribution in [0.3, 0.4) is 0 Å². The van der Waals surface area contributed by atoms with Crippen molar-refractivity contribution in [3.05, 3.63) is 29.8 Å². The summed E-state index contributed by atoms with van der Waals surface area (Å²) in [6.07, 6.45) is 1.99. The predicted molar refractivity (Wildman–Crippen MR) is 101 cm³/mol. The molecule has 1 aromatic rings. The molecule has 0 saturated heterocycles. The fourth-order valence-electron chi connectivity index (χ4n) is 2.49. The quantitative estimate of drug-likeness (QED) is 0.719. The van der Waals surface area contributed by atoms with Gasteiger partial charge in [-0.3, -0.25) is 9.59 Å². The van der Waals surface area contributed by atoms with Gasteiger partial charge >= 0.3 is 0 Å². The Labute approximate surface area is 151 Å². The maximum absolute atomic E-state index is 12.6. The van der Waals surface area contributed by atoms with Crippen molar-refractivity contribution in [1.82, 2.24) is 10.6 Å². The summed E-state index contributed by atoms with van der Waals surface area (Å²) in [7, 11) is 1.58. The van der Waals surface area contributed by atoms with Crippen molar-refractivity contribution in [2.75, 3.05) is 7.11 Å². The summed E-state index contributed by atoms with van der Waals surface area (Å²) < 4.78 is 5.09. The fraction of sp³-hybridized carbons (Fsp3) is 0.600. The van der Waals surface area contributed by atoms with Crippen LogP contribution in [0, 0.1) is 11.8 Å². The molecule has 2 atom stereocenters. The number of hydrogen-bond acceptors (Lipinski definition) is 3. The first-order valence-electron chi connectivity index (χ1n) is 8.99. The highest BCUT2D eigenvalue weighted by Gasteiger charge is 2.25. The molecule has 2 amide bonds. The number of benzene rings is 1. The van der Waals surface area contributed by atoms with Gasteiger partial charge in [0.05, 0.1) is 7.11 Å². The molecule has 0 heterocycles. The molecule has 0 aliphatic heterocycles. The average Bonchev–Trinajstić information content (AvgIpc) is 2.57. The number of methoxy groups -OCH3 is 1. The first kappa shape index (κ1) is 21.0. The van der Waals surface area contributed by atoms with Crippen molar-refractivity contribution < 1.29 is 14.3 Å². The maximum Gasteiger partial charge on any atom is 0.251 e. The Kier molecular flexibility index (Phi) is 8.46. The summed E-state index contributed by atoms with van der Waals surface area (Å²) >= 11 is 0. The van der Waals surface area contributed by atoms with Crippen LogP contribution < -0.4 is 15.4 Å². The molecule has 5 nitrogen and oxygen atoms in total. The molecule has 0 aliphatic carbocycles. The zero-order valence-corrected chi connectivity index (χ0v) is 16.3. The molecule has 1 aromatic carbocycles. The van der Waals surface area contributed by atoms with Crippen LogP contribution in [-0.2, 0) is 4.79 Å². The van der Waals surface area contributed by atoms with Crippen LogP contribution >= 0.6 is 0 Å². The fourth-order valence-corrected chi connectivity index (χ4v) is 2.49. The summed E-state index contributed by atoms with van der Waals surface area (Å²) in [5, 5.41) is 5.87. The van der Waals surface area contributed by atoms with Gasteiger partial charge in [0, 0.05) is 11.6 Å². The largest absolute Gasteiger partial charge is 0.497 e. The van der Waals surface area contributed by atoms with Gasteiger partial charge in [-0.05, 0) is 55.9 Å². The topological polar surface area (TPSA) is 67.4 Å². The molecular weight excluding hydrogens is 316 g/mol. The van der Waals surface area contributed by atoms with E-state index in [0.717, 1.165) is 12.8 Å². The molecule has 0 saturated carbocycles. The van der Waals surface area contributed by atoms with E-state index in [1.807, 2.05) is 20.8 Å². The lowest BCUT2D eigenvalue weighted by molar-refractivity contribution is -0.124. The third-order valence-corrected chi connectivity index (χ3v) is 4.15. The van der Waals surface area contributed by atoms with Crippen molar-refractivity contribution in [2.24, 2.45) is 11.8 Å². The van der Waals surface area contributed by atoms with Gasteiger partial charge in [-0.25, -0.2) is 0 Å². The molecule has 2 N–H and O–H groups in total. The molecule has 140 valence electrons. The molecule has 5 heteroatoms. The van der Waals surface area contributed by atoms with E-state index in [1.165, 1.54) is 0 Å². The zero-order valence-electron chi connectivity index (χ0n) is 16.3. The van der Waals surface area contributed by atoms with Crippen LogP contribution in [0.15, 0.2) is 24.3 Å². The van der Waals surface area contributed by atoms with Crippen molar-refractivity contribution in [2.45, 2.75) is 59.5 Å². The van der Waals surface area contributed by atoms with Crippen LogP contribution in [0.4, 0.5) is 0 Å². The molecule has 0 fully saturated rings. The van der Waals surface area contributed by atoms with Crippen LogP contribution in [0.5, 0.6) is 5.75 Å². The summed E-state index contributed by atoms with van der Waals surface area (Å²) in [6, 6.07) is 6.37. The number of carbonyl (C=O) groups excluding carboxylic acids is 2. The minimum Gasteiger partial charge on any atom is -0.497 e. The van der Waals surface area contributed by atoms with Gasteiger partial charge in [0.25, 0.3) is 5.91 Å². The van der Waals surface area contributed by atoms with Crippen LogP contribution in [0.2, 0.25) is 0 Å². The molecule has 0 radical (unpaired) electrons. The van der Waals surface area contributed by atoms with Crippen LogP contribution in [0.1, 0.15) is 57.8 Å². The zero-order chi connectivity index (χ0) is 19.0. The Morgan fingerprint density at radius 1 is 0.960 bits per heavy atom. The van der Waals surface area contributed by atoms with Crippen molar-refractivity contribution in [1.29, 1.82) is 0 Å². The third-order valence-electron chi connectivity index (χ3n) is 4.15. The normalized spacial score (nSPS) is 13.4. The lowest BCUT2D eigenvalue weighted by Crippen LogP contribution is -2.51. The molecule has 0 aromatic heterocycles. The predicted octanol–water partition coefficient (Wildman–Crippen LogP) is 3.39. The van der Waals surface area contributed by atoms with Crippen molar-refractivity contribution in [3.63, 3.8) is 0 Å². The minimum atomic E-state index is -0.559. The minimum absolute atomic E-state index is 0.000466. The molecule has 0 spiro atoms. The number of hydrogen-bond donors (Lipinski definition) is 2. The van der Waals surface area contributed by atoms with Gasteiger partial charge < -0.3 is 15.4 Å². The van der Waals surface area contributed by atoms with E-state index in [-0.39, 0.29) is 23.8 Å². The highest BCUT2D eigenvalue weighted by atomic mass is 16.5. The Balaban J connectivity index is 2.68. The standard InChI is InChI=1S/C20H32N2O3/c1-13(2)7-8-15(5)21-20(24)18(14(3)4)22-19(23)16-9-11-17(25-6)12-10-16/h9-15,18H,7-8H2,1-6H3,(H,21,24)(H,22,23). The van der Waals surface area contributed by atoms with E-state index in [4.69, 9.17) is 4.74 Å². The maximum atomic E-state index is 12.6. The molecule has 0 bridgehead atoms. The molecule has 2 unspecified atom stereocenters. The molecule has 25 heavy (non-hydrogen) atoms. The Hall–Kier alpha value is -2.04. The first-order valence-corrected chi connectivity index (χ1v) is 8.99. The Morgan fingerprint density at radius 2 is 1.56 bits per heavy atom. The third kappa shape index (κ3) is 7.16. The highest BCUT2D eigenvalue weighted by Crippen LogP contribution is 2.12. The summed E-state index contributed by atoms with van der Waals surface area (Å²) in [6.45, 7) is 10.2. The number of amides is 2. The Morgan fingerprint density at radius 3 is 2.04 bits per heavy atom. The smallest absolute Gasteiger partial charge is 0.251 e. The van der Waals surface area contributed by atoms with Gasteiger partial charge in [0.2, 0.25) is 5.91 Å². The molecular formula is C20H32N2O3. The van der Waals surface area contributed by atoms with Gasteiger partial charge in [-0.2, -0.15) is 0 Å². The van der Waals surface area contributed by atoms with E-state index in [1.54, 1.807) is 31.4 Å². The van der Waals surface area contributed by atoms with Crippen molar-refractivity contribution >= 4 is 11.8 Å². The van der Waals surface area contributed by atoms with Gasteiger partial charge in [0.15, 0.2) is 0 Å². The van der Waals surface area contributed by atoms with E-state index in [0.29, 0.717) is 17.2 Å². The van der Waals surface area contributed by atoms with Crippen LogP contribution in [0.25, 0.3) is 0 Å². The first-order chi connectivity index (χ1) is 11.7. The molecule has 0 aliphatic rings. The summed E-state index contributed by atoms with van der Waals surface area (Å²) in [5.41, 5.74) is 0.507. The van der Waals surface area contributed by atoms with E-state index in [2.05, 4.69) is 24.5 Å². The Bertz CT molecular complexity index is 553. The van der Waals surface area contributed by atoms with Gasteiger partial charge in [-0.1, -0.05) is 27.7 Å². The highest BCUT2D eigenvalue weighted by molar-refractivity contribution is 5.97. The molecule has 1 rings (SSSR count). The monoisotopic (exact) mass is 348 g/mol. The number of carbonyl (C=O) groups is 2.